The van der Waals surface area contributed by atoms with Crippen LogP contribution < -0.4 is 5.32 Å². The summed E-state index contributed by atoms with van der Waals surface area (Å²) in [4.78, 5) is 1.46. The summed E-state index contributed by atoms with van der Waals surface area (Å²) < 4.78 is 0. The first-order chi connectivity index (χ1) is 7.81. The summed E-state index contributed by atoms with van der Waals surface area (Å²) in [6, 6.07) is 8.74. The Morgan fingerprint density at radius 3 is 2.88 bits per heavy atom. The van der Waals surface area contributed by atoms with Crippen LogP contribution in [-0.4, -0.2) is 23.2 Å². The molecule has 0 bridgehead atoms. The van der Waals surface area contributed by atoms with Crippen molar-refractivity contribution in [3.63, 3.8) is 0 Å². The van der Waals surface area contributed by atoms with Crippen LogP contribution in [0.5, 0.6) is 0 Å². The Labute approximate surface area is 106 Å². The van der Waals surface area contributed by atoms with Crippen molar-refractivity contribution < 1.29 is 0 Å². The molecular weight excluding hydrogens is 238 g/mol. The lowest BCUT2D eigenvalue weighted by Gasteiger charge is -2.16. The van der Waals surface area contributed by atoms with Gasteiger partial charge in [-0.3, -0.25) is 0 Å². The number of hydrogen-bond acceptors (Lipinski definition) is 2. The first-order valence-corrected chi connectivity index (χ1v) is 7.28. The maximum absolute atomic E-state index is 5.96. The van der Waals surface area contributed by atoms with Crippen LogP contribution in [0.4, 0.5) is 0 Å². The predicted octanol–water partition coefficient (Wildman–Crippen LogP) is 3.06. The number of rotatable bonds is 4. The standard InChI is InChI=1S/C13H16ClNS/c14-9-13(5-6-13)15-8-11-7-10-3-1-2-4-12(10)16-11/h1-4,11,15H,5-9H2. The van der Waals surface area contributed by atoms with Crippen LogP contribution in [0.15, 0.2) is 29.2 Å². The molecule has 1 aliphatic carbocycles. The molecule has 0 aromatic heterocycles. The molecule has 2 aliphatic rings. The smallest absolute Gasteiger partial charge is 0.0406 e. The number of fused-ring (bicyclic) bond motifs is 1. The molecule has 1 unspecified atom stereocenters. The molecule has 0 amide bonds. The Balaban J connectivity index is 1.56. The van der Waals surface area contributed by atoms with E-state index in [0.717, 1.165) is 12.4 Å². The van der Waals surface area contributed by atoms with Gasteiger partial charge < -0.3 is 5.32 Å². The van der Waals surface area contributed by atoms with E-state index in [1.165, 1.54) is 29.7 Å². The number of halogens is 1. The Morgan fingerprint density at radius 2 is 2.19 bits per heavy atom. The minimum Gasteiger partial charge on any atom is -0.309 e. The van der Waals surface area contributed by atoms with Gasteiger partial charge in [-0.1, -0.05) is 18.2 Å². The summed E-state index contributed by atoms with van der Waals surface area (Å²) in [6.45, 7) is 1.09. The molecule has 1 nitrogen and oxygen atoms in total. The van der Waals surface area contributed by atoms with Crippen molar-refractivity contribution in [3.05, 3.63) is 29.8 Å². The van der Waals surface area contributed by atoms with Gasteiger partial charge in [0.2, 0.25) is 0 Å². The molecule has 1 aromatic carbocycles. The summed E-state index contributed by atoms with van der Waals surface area (Å²) in [5.74, 6) is 0.761. The van der Waals surface area contributed by atoms with Crippen LogP contribution in [0, 0.1) is 0 Å². The average molecular weight is 254 g/mol. The topological polar surface area (TPSA) is 12.0 Å². The lowest BCUT2D eigenvalue weighted by molar-refractivity contribution is 0.538. The van der Waals surface area contributed by atoms with Crippen LogP contribution in [0.1, 0.15) is 18.4 Å². The third kappa shape index (κ3) is 2.11. The molecule has 1 aromatic rings. The molecule has 16 heavy (non-hydrogen) atoms. The van der Waals surface area contributed by atoms with E-state index in [1.807, 2.05) is 11.8 Å². The van der Waals surface area contributed by atoms with Gasteiger partial charge in [0.05, 0.1) is 0 Å². The highest BCUT2D eigenvalue weighted by Crippen LogP contribution is 2.39. The van der Waals surface area contributed by atoms with E-state index in [4.69, 9.17) is 11.6 Å². The fourth-order valence-corrected chi connectivity index (χ4v) is 3.82. The third-order valence-electron chi connectivity index (χ3n) is 3.53. The highest BCUT2D eigenvalue weighted by Gasteiger charge is 2.41. The van der Waals surface area contributed by atoms with Gasteiger partial charge in [-0.15, -0.1) is 23.4 Å². The number of nitrogens with one attached hydrogen (secondary N) is 1. The first-order valence-electron chi connectivity index (χ1n) is 5.87. The second kappa shape index (κ2) is 4.25. The monoisotopic (exact) mass is 253 g/mol. The van der Waals surface area contributed by atoms with Gasteiger partial charge in [-0.25, -0.2) is 0 Å². The number of benzene rings is 1. The molecular formula is C13H16ClNS. The summed E-state index contributed by atoms with van der Waals surface area (Å²) in [5.41, 5.74) is 1.80. The van der Waals surface area contributed by atoms with E-state index in [2.05, 4.69) is 29.6 Å². The molecule has 0 saturated heterocycles. The van der Waals surface area contributed by atoms with E-state index < -0.39 is 0 Å². The molecule has 0 radical (unpaired) electrons. The number of hydrogen-bond donors (Lipinski definition) is 1. The molecule has 1 fully saturated rings. The van der Waals surface area contributed by atoms with Crippen LogP contribution >= 0.6 is 23.4 Å². The van der Waals surface area contributed by atoms with E-state index in [1.54, 1.807) is 0 Å². The molecule has 86 valence electrons. The summed E-state index contributed by atoms with van der Waals surface area (Å²) >= 11 is 7.97. The van der Waals surface area contributed by atoms with Crippen molar-refractivity contribution in [2.24, 2.45) is 0 Å². The number of alkyl halides is 1. The van der Waals surface area contributed by atoms with E-state index in [9.17, 15) is 0 Å². The lowest BCUT2D eigenvalue weighted by Crippen LogP contribution is -2.37. The SMILES string of the molecule is ClCC1(NCC2Cc3ccccc3S2)CC1. The first kappa shape index (κ1) is 10.9. The van der Waals surface area contributed by atoms with Crippen molar-refractivity contribution in [3.8, 4) is 0 Å². The van der Waals surface area contributed by atoms with Gasteiger partial charge in [0, 0.05) is 28.1 Å². The predicted molar refractivity (Wildman–Crippen MR) is 70.5 cm³/mol. The van der Waals surface area contributed by atoms with Gasteiger partial charge in [0.1, 0.15) is 0 Å². The van der Waals surface area contributed by atoms with Crippen molar-refractivity contribution in [2.75, 3.05) is 12.4 Å². The third-order valence-corrected chi connectivity index (χ3v) is 5.36. The fourth-order valence-electron chi connectivity index (χ4n) is 2.21. The molecule has 1 N–H and O–H groups in total. The maximum Gasteiger partial charge on any atom is 0.0406 e. The van der Waals surface area contributed by atoms with E-state index in [0.29, 0.717) is 5.25 Å². The molecule has 3 heteroatoms. The van der Waals surface area contributed by atoms with E-state index in [-0.39, 0.29) is 5.54 Å². The highest BCUT2D eigenvalue weighted by molar-refractivity contribution is 8.00. The van der Waals surface area contributed by atoms with Crippen LogP contribution in [0.2, 0.25) is 0 Å². The second-order valence-electron chi connectivity index (χ2n) is 4.85. The highest BCUT2D eigenvalue weighted by atomic mass is 35.5. The average Bonchev–Trinajstić information content (AvgIpc) is 2.98. The lowest BCUT2D eigenvalue weighted by atomic mass is 10.1. The zero-order chi connectivity index (χ0) is 11.0. The van der Waals surface area contributed by atoms with Gasteiger partial charge >= 0.3 is 0 Å². The largest absolute Gasteiger partial charge is 0.309 e. The van der Waals surface area contributed by atoms with Crippen LogP contribution in [0.25, 0.3) is 0 Å². The number of thioether (sulfide) groups is 1. The fraction of sp³-hybridized carbons (Fsp3) is 0.538. The summed E-state index contributed by atoms with van der Waals surface area (Å²) in [6.07, 6.45) is 3.70. The zero-order valence-electron chi connectivity index (χ0n) is 9.21. The molecule has 1 aliphatic heterocycles. The van der Waals surface area contributed by atoms with Gasteiger partial charge in [-0.05, 0) is 30.9 Å². The van der Waals surface area contributed by atoms with Gasteiger partial charge in [0.25, 0.3) is 0 Å². The quantitative estimate of drug-likeness (QED) is 0.828. The van der Waals surface area contributed by atoms with Crippen molar-refractivity contribution in [2.45, 2.75) is 34.9 Å². The van der Waals surface area contributed by atoms with Crippen molar-refractivity contribution >= 4 is 23.4 Å². The molecule has 3 rings (SSSR count). The van der Waals surface area contributed by atoms with Gasteiger partial charge in [0.15, 0.2) is 0 Å². The van der Waals surface area contributed by atoms with Gasteiger partial charge in [-0.2, -0.15) is 0 Å². The van der Waals surface area contributed by atoms with Crippen molar-refractivity contribution in [1.29, 1.82) is 0 Å². The zero-order valence-corrected chi connectivity index (χ0v) is 10.8. The molecule has 1 saturated carbocycles. The Kier molecular flexibility index (Phi) is 2.90. The molecule has 1 heterocycles. The summed E-state index contributed by atoms with van der Waals surface area (Å²) in [5, 5.41) is 4.34. The minimum atomic E-state index is 0.289. The Hall–Kier alpha value is -0.180. The Morgan fingerprint density at radius 1 is 1.38 bits per heavy atom. The normalized spacial score (nSPS) is 25.4. The van der Waals surface area contributed by atoms with Crippen LogP contribution in [-0.2, 0) is 6.42 Å². The van der Waals surface area contributed by atoms with Crippen molar-refractivity contribution in [1.82, 2.24) is 5.32 Å². The summed E-state index contributed by atoms with van der Waals surface area (Å²) in [7, 11) is 0. The Bertz CT molecular complexity index is 364. The maximum atomic E-state index is 5.96. The van der Waals surface area contributed by atoms with Crippen LogP contribution in [0.3, 0.4) is 0 Å². The second-order valence-corrected chi connectivity index (χ2v) is 6.46. The minimum absolute atomic E-state index is 0.289. The molecule has 0 spiro atoms. The van der Waals surface area contributed by atoms with E-state index >= 15 is 0 Å². The molecule has 1 atom stereocenters.